The van der Waals surface area contributed by atoms with Crippen LogP contribution in [0.1, 0.15) is 77.2 Å². The van der Waals surface area contributed by atoms with Crippen LogP contribution in [0.25, 0.3) is 0 Å². The van der Waals surface area contributed by atoms with Crippen LogP contribution in [0, 0.1) is 5.92 Å². The van der Waals surface area contributed by atoms with Crippen molar-refractivity contribution < 1.29 is 9.59 Å². The van der Waals surface area contributed by atoms with Gasteiger partial charge >= 0.3 is 0 Å². The van der Waals surface area contributed by atoms with E-state index in [9.17, 15) is 9.59 Å². The molecule has 4 nitrogen and oxygen atoms in total. The molecule has 3 atom stereocenters. The summed E-state index contributed by atoms with van der Waals surface area (Å²) in [6.07, 6.45) is 5.04. The van der Waals surface area contributed by atoms with Crippen molar-refractivity contribution in [1.82, 2.24) is 10.2 Å². The third-order valence-electron chi connectivity index (χ3n) is 7.76. The normalized spacial score (nSPS) is 20.5. The van der Waals surface area contributed by atoms with Crippen LogP contribution in [0.3, 0.4) is 0 Å². The Bertz CT molecular complexity index is 1170. The van der Waals surface area contributed by atoms with Gasteiger partial charge in [0.2, 0.25) is 5.91 Å². The number of carbonyl (C=O) groups excluding carboxylic acids is 2. The van der Waals surface area contributed by atoms with E-state index >= 15 is 0 Å². The van der Waals surface area contributed by atoms with Gasteiger partial charge in [-0.15, -0.1) is 0 Å². The topological polar surface area (TPSA) is 49.4 Å². The molecule has 5 rings (SSSR count). The zero-order valence-electron chi connectivity index (χ0n) is 20.5. The van der Waals surface area contributed by atoms with Crippen molar-refractivity contribution in [3.8, 4) is 0 Å². The van der Waals surface area contributed by atoms with Crippen LogP contribution >= 0.6 is 0 Å². The number of rotatable bonds is 5. The quantitative estimate of drug-likeness (QED) is 0.499. The number of benzene rings is 3. The van der Waals surface area contributed by atoms with Crippen molar-refractivity contribution >= 4 is 11.8 Å². The third kappa shape index (κ3) is 5.17. The molecule has 0 radical (unpaired) electrons. The van der Waals surface area contributed by atoms with Gasteiger partial charge in [0, 0.05) is 24.6 Å². The highest BCUT2D eigenvalue weighted by atomic mass is 16.2. The lowest BCUT2D eigenvalue weighted by Gasteiger charge is -2.32. The maximum atomic E-state index is 13.3. The van der Waals surface area contributed by atoms with Crippen LogP contribution in [-0.2, 0) is 17.8 Å². The summed E-state index contributed by atoms with van der Waals surface area (Å²) in [5.74, 6) is 0.381. The van der Waals surface area contributed by atoms with E-state index in [1.54, 1.807) is 0 Å². The van der Waals surface area contributed by atoms with Gasteiger partial charge in [-0.1, -0.05) is 79.6 Å². The van der Waals surface area contributed by atoms with Gasteiger partial charge in [0.05, 0.1) is 6.04 Å². The number of nitrogens with one attached hydrogen (secondary N) is 1. The lowest BCUT2D eigenvalue weighted by Crippen LogP contribution is -2.37. The summed E-state index contributed by atoms with van der Waals surface area (Å²) in [6.45, 7) is 3.47. The molecule has 1 fully saturated rings. The minimum Gasteiger partial charge on any atom is -0.349 e. The van der Waals surface area contributed by atoms with Gasteiger partial charge in [0.1, 0.15) is 0 Å². The van der Waals surface area contributed by atoms with Crippen molar-refractivity contribution in [2.24, 2.45) is 5.92 Å². The molecule has 1 saturated carbocycles. The Morgan fingerprint density at radius 1 is 0.857 bits per heavy atom. The van der Waals surface area contributed by atoms with Gasteiger partial charge in [-0.05, 0) is 66.5 Å². The molecule has 0 aromatic heterocycles. The molecule has 0 spiro atoms. The van der Waals surface area contributed by atoms with Crippen molar-refractivity contribution in [3.63, 3.8) is 0 Å². The maximum absolute atomic E-state index is 13.3. The SMILES string of the molecule is C[C@H](NC(=O)[C@H]1CCCC[C@@H]1c1ccc(C(=O)N2CCc3ccccc3C2)cc1)c1ccccc1. The zero-order valence-corrected chi connectivity index (χ0v) is 20.5. The van der Waals surface area contributed by atoms with Crippen LogP contribution in [-0.4, -0.2) is 23.3 Å². The minimum absolute atomic E-state index is 0.0130. The Kier molecular flexibility index (Phi) is 6.98. The Morgan fingerprint density at radius 3 is 2.31 bits per heavy atom. The molecule has 1 aliphatic heterocycles. The van der Waals surface area contributed by atoms with E-state index in [-0.39, 0.29) is 29.7 Å². The molecule has 1 N–H and O–H groups in total. The molecule has 3 aromatic carbocycles. The number of hydrogen-bond acceptors (Lipinski definition) is 2. The molecule has 3 aromatic rings. The number of amides is 2. The van der Waals surface area contributed by atoms with Crippen LogP contribution in [0.4, 0.5) is 0 Å². The van der Waals surface area contributed by atoms with Gasteiger partial charge in [-0.3, -0.25) is 9.59 Å². The molecule has 0 unspecified atom stereocenters. The molecular weight excluding hydrogens is 432 g/mol. The summed E-state index contributed by atoms with van der Waals surface area (Å²) in [5, 5.41) is 3.25. The lowest BCUT2D eigenvalue weighted by atomic mass is 9.74. The van der Waals surface area contributed by atoms with Gasteiger partial charge < -0.3 is 10.2 Å². The molecule has 2 amide bonds. The van der Waals surface area contributed by atoms with Gasteiger partial charge in [0.25, 0.3) is 5.91 Å². The summed E-state index contributed by atoms with van der Waals surface area (Å²) in [6, 6.07) is 26.5. The summed E-state index contributed by atoms with van der Waals surface area (Å²) >= 11 is 0. The van der Waals surface area contributed by atoms with Gasteiger partial charge in [0.15, 0.2) is 0 Å². The molecule has 35 heavy (non-hydrogen) atoms. The summed E-state index contributed by atoms with van der Waals surface area (Å²) in [7, 11) is 0. The first-order chi connectivity index (χ1) is 17.1. The number of hydrogen-bond donors (Lipinski definition) is 1. The molecule has 0 saturated heterocycles. The Balaban J connectivity index is 1.26. The van der Waals surface area contributed by atoms with Gasteiger partial charge in [-0.25, -0.2) is 0 Å². The summed E-state index contributed by atoms with van der Waals surface area (Å²) < 4.78 is 0. The number of carbonyl (C=O) groups is 2. The predicted octanol–water partition coefficient (Wildman–Crippen LogP) is 6.04. The zero-order chi connectivity index (χ0) is 24.2. The second-order valence-electron chi connectivity index (χ2n) is 10.0. The Morgan fingerprint density at radius 2 is 1.54 bits per heavy atom. The first kappa shape index (κ1) is 23.3. The van der Waals surface area contributed by atoms with Crippen LogP contribution < -0.4 is 5.32 Å². The Hall–Kier alpha value is -3.40. The van der Waals surface area contributed by atoms with Crippen LogP contribution in [0.2, 0.25) is 0 Å². The van der Waals surface area contributed by atoms with E-state index < -0.39 is 0 Å². The fourth-order valence-corrected chi connectivity index (χ4v) is 5.71. The monoisotopic (exact) mass is 466 g/mol. The van der Waals surface area contributed by atoms with Crippen LogP contribution in [0.15, 0.2) is 78.9 Å². The van der Waals surface area contributed by atoms with E-state index in [0.29, 0.717) is 6.54 Å². The summed E-state index contributed by atoms with van der Waals surface area (Å²) in [4.78, 5) is 28.4. The van der Waals surface area contributed by atoms with Gasteiger partial charge in [-0.2, -0.15) is 0 Å². The average Bonchev–Trinajstić information content (AvgIpc) is 2.93. The van der Waals surface area contributed by atoms with E-state index in [1.807, 2.05) is 48.2 Å². The Labute approximate surface area is 208 Å². The number of fused-ring (bicyclic) bond motifs is 1. The average molecular weight is 467 g/mol. The molecule has 1 aliphatic carbocycles. The first-order valence-corrected chi connectivity index (χ1v) is 12.9. The van der Waals surface area contributed by atoms with Crippen molar-refractivity contribution in [2.45, 2.75) is 57.5 Å². The summed E-state index contributed by atoms with van der Waals surface area (Å²) in [5.41, 5.74) is 5.59. The van der Waals surface area contributed by atoms with Crippen molar-refractivity contribution in [2.75, 3.05) is 6.54 Å². The smallest absolute Gasteiger partial charge is 0.254 e. The second-order valence-corrected chi connectivity index (χ2v) is 10.0. The maximum Gasteiger partial charge on any atom is 0.254 e. The lowest BCUT2D eigenvalue weighted by molar-refractivity contribution is -0.127. The predicted molar refractivity (Wildman–Crippen MR) is 139 cm³/mol. The van der Waals surface area contributed by atoms with E-state index in [0.717, 1.165) is 55.3 Å². The molecule has 1 heterocycles. The second kappa shape index (κ2) is 10.5. The molecule has 0 bridgehead atoms. The minimum atomic E-state index is -0.0324. The largest absolute Gasteiger partial charge is 0.349 e. The highest BCUT2D eigenvalue weighted by molar-refractivity contribution is 5.94. The fraction of sp³-hybridized carbons (Fsp3) is 0.355. The number of nitrogens with zero attached hydrogens (tertiary/aromatic N) is 1. The highest BCUT2D eigenvalue weighted by Gasteiger charge is 2.33. The van der Waals surface area contributed by atoms with Crippen LogP contribution in [0.5, 0.6) is 0 Å². The standard InChI is InChI=1S/C31H34N2O2/c1-22(23-9-3-2-4-10-23)32-30(34)29-14-8-7-13-28(29)25-15-17-26(18-16-25)31(35)33-20-19-24-11-5-6-12-27(24)21-33/h2-6,9-12,15-18,22,28-29H,7-8,13-14,19-21H2,1H3,(H,32,34)/t22-,28+,29-/m0/s1. The first-order valence-electron chi connectivity index (χ1n) is 12.9. The van der Waals surface area contributed by atoms with E-state index in [2.05, 4.69) is 47.8 Å². The fourth-order valence-electron chi connectivity index (χ4n) is 5.71. The van der Waals surface area contributed by atoms with E-state index in [1.165, 1.54) is 11.1 Å². The molecule has 4 heteroatoms. The van der Waals surface area contributed by atoms with E-state index in [4.69, 9.17) is 0 Å². The third-order valence-corrected chi connectivity index (χ3v) is 7.76. The molecule has 2 aliphatic rings. The molecule has 180 valence electrons. The van der Waals surface area contributed by atoms with Crippen molar-refractivity contribution in [3.05, 3.63) is 107 Å². The molecular formula is C31H34N2O2. The highest BCUT2D eigenvalue weighted by Crippen LogP contribution is 2.38. The van der Waals surface area contributed by atoms with Crippen molar-refractivity contribution in [1.29, 1.82) is 0 Å².